The van der Waals surface area contributed by atoms with Crippen LogP contribution < -0.4 is 0 Å². The summed E-state index contributed by atoms with van der Waals surface area (Å²) in [6.45, 7) is 3.98. The molecule has 0 radical (unpaired) electrons. The van der Waals surface area contributed by atoms with Crippen LogP contribution in [0.4, 0.5) is 0 Å². The number of hydrogen-bond acceptors (Lipinski definition) is 7. The number of para-hydroxylation sites is 1. The van der Waals surface area contributed by atoms with E-state index in [9.17, 15) is 0 Å². The van der Waals surface area contributed by atoms with Crippen LogP contribution >= 0.6 is 11.3 Å². The van der Waals surface area contributed by atoms with Crippen molar-refractivity contribution >= 4 is 32.6 Å². The number of ether oxygens (including phenoxy) is 1. The molecule has 31 heavy (non-hydrogen) atoms. The van der Waals surface area contributed by atoms with Crippen LogP contribution in [0.3, 0.4) is 0 Å². The summed E-state index contributed by atoms with van der Waals surface area (Å²) >= 11 is 1.65. The summed E-state index contributed by atoms with van der Waals surface area (Å²) in [6.07, 6.45) is 0. The Hall–Kier alpha value is -3.20. The number of fused-ring (bicyclic) bond motifs is 2. The summed E-state index contributed by atoms with van der Waals surface area (Å²) in [6, 6.07) is 18.3. The van der Waals surface area contributed by atoms with Gasteiger partial charge in [0.15, 0.2) is 5.82 Å². The second-order valence-corrected chi connectivity index (χ2v) is 8.40. The summed E-state index contributed by atoms with van der Waals surface area (Å²) < 4.78 is 7.34. The standard InChI is InChI=1S/C23H20N6OS/c1-2-6-16(7-3-1)17-15-31-23-21(17)22(29-19-9-5-4-8-18(19)26-27-29)24-20(25-23)14-28-10-12-30-13-11-28/h1-9,15H,10-14H2. The molecule has 1 saturated heterocycles. The minimum Gasteiger partial charge on any atom is -0.379 e. The normalized spacial score (nSPS) is 15.1. The van der Waals surface area contributed by atoms with E-state index in [0.717, 1.165) is 70.3 Å². The average molecular weight is 429 g/mol. The molecule has 6 rings (SSSR count). The molecule has 1 fully saturated rings. The molecule has 7 nitrogen and oxygen atoms in total. The Morgan fingerprint density at radius 1 is 0.935 bits per heavy atom. The number of benzene rings is 2. The summed E-state index contributed by atoms with van der Waals surface area (Å²) in [5.41, 5.74) is 4.04. The highest BCUT2D eigenvalue weighted by atomic mass is 32.1. The van der Waals surface area contributed by atoms with Crippen LogP contribution in [0.25, 0.3) is 38.2 Å². The highest BCUT2D eigenvalue weighted by molar-refractivity contribution is 7.17. The van der Waals surface area contributed by atoms with Crippen molar-refractivity contribution in [1.82, 2.24) is 29.9 Å². The van der Waals surface area contributed by atoms with Gasteiger partial charge in [-0.3, -0.25) is 4.90 Å². The molecule has 0 saturated carbocycles. The Balaban J connectivity index is 1.56. The molecule has 0 atom stereocenters. The number of thiophene rings is 1. The first-order valence-corrected chi connectivity index (χ1v) is 11.2. The quantitative estimate of drug-likeness (QED) is 0.432. The molecule has 0 bridgehead atoms. The van der Waals surface area contributed by atoms with Crippen LogP contribution in [0.1, 0.15) is 5.82 Å². The molecular weight excluding hydrogens is 408 g/mol. The van der Waals surface area contributed by atoms with Gasteiger partial charge >= 0.3 is 0 Å². The molecule has 8 heteroatoms. The lowest BCUT2D eigenvalue weighted by atomic mass is 10.1. The third-order valence-corrected chi connectivity index (χ3v) is 6.44. The van der Waals surface area contributed by atoms with E-state index in [2.05, 4.69) is 44.9 Å². The predicted molar refractivity (Wildman–Crippen MR) is 121 cm³/mol. The van der Waals surface area contributed by atoms with Crippen LogP contribution in [-0.4, -0.2) is 56.2 Å². The van der Waals surface area contributed by atoms with Crippen molar-refractivity contribution in [2.75, 3.05) is 26.3 Å². The van der Waals surface area contributed by atoms with Crippen molar-refractivity contribution in [2.45, 2.75) is 6.54 Å². The maximum atomic E-state index is 5.49. The van der Waals surface area contributed by atoms with Gasteiger partial charge in [0, 0.05) is 24.0 Å². The van der Waals surface area contributed by atoms with Gasteiger partial charge in [-0.05, 0) is 17.7 Å². The summed E-state index contributed by atoms with van der Waals surface area (Å²) in [7, 11) is 0. The molecule has 154 valence electrons. The first kappa shape index (κ1) is 18.6. The van der Waals surface area contributed by atoms with Crippen molar-refractivity contribution in [3.8, 4) is 16.9 Å². The van der Waals surface area contributed by atoms with E-state index in [-0.39, 0.29) is 0 Å². The van der Waals surface area contributed by atoms with E-state index in [1.807, 2.05) is 35.0 Å². The second-order valence-electron chi connectivity index (χ2n) is 7.54. The molecule has 0 spiro atoms. The minimum atomic E-state index is 0.692. The Kier molecular flexibility index (Phi) is 4.67. The fourth-order valence-corrected chi connectivity index (χ4v) is 4.97. The van der Waals surface area contributed by atoms with Crippen LogP contribution in [0.5, 0.6) is 0 Å². The van der Waals surface area contributed by atoms with Gasteiger partial charge in [0.2, 0.25) is 0 Å². The van der Waals surface area contributed by atoms with Crippen LogP contribution in [0.15, 0.2) is 60.0 Å². The van der Waals surface area contributed by atoms with Crippen molar-refractivity contribution in [2.24, 2.45) is 0 Å². The smallest absolute Gasteiger partial charge is 0.168 e. The van der Waals surface area contributed by atoms with Crippen molar-refractivity contribution in [3.05, 3.63) is 65.8 Å². The zero-order chi connectivity index (χ0) is 20.6. The van der Waals surface area contributed by atoms with Gasteiger partial charge in [-0.2, -0.15) is 4.68 Å². The highest BCUT2D eigenvalue weighted by Gasteiger charge is 2.20. The number of aromatic nitrogens is 5. The number of hydrogen-bond donors (Lipinski definition) is 0. The minimum absolute atomic E-state index is 0.692. The molecule has 1 aliphatic rings. The lowest BCUT2D eigenvalue weighted by molar-refractivity contribution is 0.0331. The van der Waals surface area contributed by atoms with E-state index >= 15 is 0 Å². The Morgan fingerprint density at radius 2 is 1.74 bits per heavy atom. The Morgan fingerprint density at radius 3 is 2.61 bits per heavy atom. The monoisotopic (exact) mass is 428 g/mol. The van der Waals surface area contributed by atoms with Gasteiger partial charge in [0.1, 0.15) is 16.2 Å². The molecule has 3 aromatic heterocycles. The van der Waals surface area contributed by atoms with Gasteiger partial charge in [-0.1, -0.05) is 47.7 Å². The number of morpholine rings is 1. The molecule has 4 heterocycles. The maximum Gasteiger partial charge on any atom is 0.168 e. The van der Waals surface area contributed by atoms with E-state index < -0.39 is 0 Å². The number of nitrogens with zero attached hydrogens (tertiary/aromatic N) is 6. The van der Waals surface area contributed by atoms with E-state index in [0.29, 0.717) is 6.54 Å². The molecule has 2 aromatic carbocycles. The van der Waals surface area contributed by atoms with Crippen LogP contribution in [0, 0.1) is 0 Å². The van der Waals surface area contributed by atoms with E-state index in [4.69, 9.17) is 14.7 Å². The second kappa shape index (κ2) is 7.81. The van der Waals surface area contributed by atoms with Gasteiger partial charge in [-0.15, -0.1) is 16.4 Å². The zero-order valence-corrected chi connectivity index (χ0v) is 17.6. The number of rotatable bonds is 4. The van der Waals surface area contributed by atoms with Gasteiger partial charge in [0.25, 0.3) is 0 Å². The third-order valence-electron chi connectivity index (χ3n) is 5.57. The molecule has 0 amide bonds. The average Bonchev–Trinajstić information content (AvgIpc) is 3.44. The topological polar surface area (TPSA) is 69.0 Å². The third kappa shape index (κ3) is 3.38. The molecule has 0 N–H and O–H groups in total. The largest absolute Gasteiger partial charge is 0.379 e. The summed E-state index contributed by atoms with van der Waals surface area (Å²) in [5.74, 6) is 1.58. The molecular formula is C23H20N6OS. The van der Waals surface area contributed by atoms with Crippen LogP contribution in [0.2, 0.25) is 0 Å². The van der Waals surface area contributed by atoms with E-state index in [1.54, 1.807) is 11.3 Å². The molecule has 0 aliphatic carbocycles. The van der Waals surface area contributed by atoms with Crippen molar-refractivity contribution in [1.29, 1.82) is 0 Å². The zero-order valence-electron chi connectivity index (χ0n) is 16.8. The van der Waals surface area contributed by atoms with Gasteiger partial charge in [0.05, 0.1) is 30.7 Å². The Labute approximate surface area is 182 Å². The van der Waals surface area contributed by atoms with Crippen LogP contribution in [-0.2, 0) is 11.3 Å². The highest BCUT2D eigenvalue weighted by Crippen LogP contribution is 2.36. The van der Waals surface area contributed by atoms with Crippen molar-refractivity contribution in [3.63, 3.8) is 0 Å². The molecule has 5 aromatic rings. The lowest BCUT2D eigenvalue weighted by Gasteiger charge is -2.25. The first-order chi connectivity index (χ1) is 15.4. The van der Waals surface area contributed by atoms with Gasteiger partial charge in [-0.25, -0.2) is 9.97 Å². The fourth-order valence-electron chi connectivity index (χ4n) is 4.01. The summed E-state index contributed by atoms with van der Waals surface area (Å²) in [5, 5.41) is 12.0. The Bertz CT molecular complexity index is 1360. The molecule has 1 aliphatic heterocycles. The van der Waals surface area contributed by atoms with Gasteiger partial charge < -0.3 is 4.74 Å². The molecule has 0 unspecified atom stereocenters. The maximum absolute atomic E-state index is 5.49. The first-order valence-electron chi connectivity index (χ1n) is 10.3. The fraction of sp³-hybridized carbons (Fsp3) is 0.217. The van der Waals surface area contributed by atoms with E-state index in [1.165, 1.54) is 0 Å². The lowest BCUT2D eigenvalue weighted by Crippen LogP contribution is -2.36. The SMILES string of the molecule is c1ccc(-c2csc3nc(CN4CCOCC4)nc(-n4nnc5ccccc54)c23)cc1. The van der Waals surface area contributed by atoms with Crippen molar-refractivity contribution < 1.29 is 4.74 Å². The predicted octanol–water partition coefficient (Wildman–Crippen LogP) is 3.92. The summed E-state index contributed by atoms with van der Waals surface area (Å²) in [4.78, 5) is 13.2.